The Morgan fingerprint density at radius 2 is 2.12 bits per heavy atom. The number of hydrogen-bond donors (Lipinski definition) is 1. The van der Waals surface area contributed by atoms with Gasteiger partial charge in [-0.05, 0) is 24.1 Å². The second-order valence-electron chi connectivity index (χ2n) is 3.64. The highest BCUT2D eigenvalue weighted by Gasteiger charge is 2.08. The molecule has 1 N–H and O–H groups in total. The zero-order valence-corrected chi connectivity index (χ0v) is 10.8. The summed E-state index contributed by atoms with van der Waals surface area (Å²) in [6.45, 7) is 2.50. The molecule has 0 fully saturated rings. The van der Waals surface area contributed by atoms with Crippen LogP contribution in [0.15, 0.2) is 18.2 Å². The zero-order chi connectivity index (χ0) is 12.0. The van der Waals surface area contributed by atoms with Crippen LogP contribution in [0.1, 0.15) is 25.3 Å². The van der Waals surface area contributed by atoms with Crippen LogP contribution in [0, 0.1) is 0 Å². The van der Waals surface area contributed by atoms with Crippen LogP contribution in [0.3, 0.4) is 0 Å². The van der Waals surface area contributed by atoms with Crippen molar-refractivity contribution in [3.8, 4) is 0 Å². The Bertz CT molecular complexity index is 329. The summed E-state index contributed by atoms with van der Waals surface area (Å²) in [5.41, 5.74) is 0.889. The van der Waals surface area contributed by atoms with E-state index in [2.05, 4.69) is 6.92 Å². The van der Waals surface area contributed by atoms with Crippen LogP contribution in [0.2, 0.25) is 10.0 Å². The van der Waals surface area contributed by atoms with Crippen LogP contribution in [0.25, 0.3) is 0 Å². The maximum atomic E-state index is 9.07. The normalized spacial score (nSPS) is 12.8. The van der Waals surface area contributed by atoms with Crippen LogP contribution in [0.4, 0.5) is 0 Å². The summed E-state index contributed by atoms with van der Waals surface area (Å²) in [5.74, 6) is 0. The molecule has 0 bridgehead atoms. The Morgan fingerprint density at radius 1 is 1.38 bits per heavy atom. The van der Waals surface area contributed by atoms with Crippen LogP contribution >= 0.6 is 23.2 Å². The van der Waals surface area contributed by atoms with Crippen molar-refractivity contribution in [2.75, 3.05) is 6.61 Å². The fourth-order valence-corrected chi connectivity index (χ4v) is 1.86. The standard InChI is InChI=1S/C12H16Cl2O2/c1-2-3-11(7-15)16-8-9-4-5-10(13)6-12(9)14/h4-6,11,15H,2-3,7-8H2,1H3. The third kappa shape index (κ3) is 4.30. The number of hydrogen-bond acceptors (Lipinski definition) is 2. The average molecular weight is 263 g/mol. The van der Waals surface area contributed by atoms with E-state index in [4.69, 9.17) is 33.0 Å². The fraction of sp³-hybridized carbons (Fsp3) is 0.500. The van der Waals surface area contributed by atoms with Crippen molar-refractivity contribution in [1.82, 2.24) is 0 Å². The highest BCUT2D eigenvalue weighted by molar-refractivity contribution is 6.35. The highest BCUT2D eigenvalue weighted by atomic mass is 35.5. The molecule has 90 valence electrons. The molecular formula is C12H16Cl2O2. The van der Waals surface area contributed by atoms with E-state index in [0.717, 1.165) is 18.4 Å². The summed E-state index contributed by atoms with van der Waals surface area (Å²) >= 11 is 11.8. The molecule has 0 aromatic heterocycles. The molecule has 1 aromatic carbocycles. The molecule has 0 radical (unpaired) electrons. The first-order valence-electron chi connectivity index (χ1n) is 5.33. The van der Waals surface area contributed by atoms with Crippen LogP contribution < -0.4 is 0 Å². The lowest BCUT2D eigenvalue weighted by atomic mass is 10.2. The molecule has 0 aliphatic heterocycles. The van der Waals surface area contributed by atoms with Gasteiger partial charge in [0.15, 0.2) is 0 Å². The first kappa shape index (κ1) is 13.8. The van der Waals surface area contributed by atoms with E-state index in [-0.39, 0.29) is 12.7 Å². The third-order valence-electron chi connectivity index (χ3n) is 2.30. The maximum absolute atomic E-state index is 9.07. The molecule has 1 rings (SSSR count). The van der Waals surface area contributed by atoms with E-state index in [0.29, 0.717) is 16.7 Å². The van der Waals surface area contributed by atoms with E-state index in [9.17, 15) is 0 Å². The van der Waals surface area contributed by atoms with Gasteiger partial charge in [-0.25, -0.2) is 0 Å². The van der Waals surface area contributed by atoms with Gasteiger partial charge in [0.2, 0.25) is 0 Å². The predicted octanol–water partition coefficient (Wildman–Crippen LogP) is 3.67. The van der Waals surface area contributed by atoms with Crippen molar-refractivity contribution in [3.63, 3.8) is 0 Å². The van der Waals surface area contributed by atoms with Crippen molar-refractivity contribution in [3.05, 3.63) is 33.8 Å². The number of halogens is 2. The Morgan fingerprint density at radius 3 is 2.69 bits per heavy atom. The lowest BCUT2D eigenvalue weighted by Gasteiger charge is -2.15. The van der Waals surface area contributed by atoms with E-state index < -0.39 is 0 Å². The smallest absolute Gasteiger partial charge is 0.0810 e. The molecule has 0 aliphatic rings. The van der Waals surface area contributed by atoms with Gasteiger partial charge in [0, 0.05) is 10.0 Å². The second-order valence-corrected chi connectivity index (χ2v) is 4.48. The Kier molecular flexibility index (Phi) is 6.14. The van der Waals surface area contributed by atoms with Crippen molar-refractivity contribution in [1.29, 1.82) is 0 Å². The number of aliphatic hydroxyl groups excluding tert-OH is 1. The third-order valence-corrected chi connectivity index (χ3v) is 2.89. The number of ether oxygens (including phenoxy) is 1. The lowest BCUT2D eigenvalue weighted by molar-refractivity contribution is -0.00241. The minimum atomic E-state index is -0.114. The molecule has 1 aromatic rings. The predicted molar refractivity (Wildman–Crippen MR) is 67.0 cm³/mol. The average Bonchev–Trinajstić information content (AvgIpc) is 2.26. The number of rotatable bonds is 6. The van der Waals surface area contributed by atoms with Crippen molar-refractivity contribution >= 4 is 23.2 Å². The molecule has 1 unspecified atom stereocenters. The molecule has 0 spiro atoms. The Balaban J connectivity index is 2.53. The van der Waals surface area contributed by atoms with Crippen LogP contribution in [-0.4, -0.2) is 17.8 Å². The topological polar surface area (TPSA) is 29.5 Å². The lowest BCUT2D eigenvalue weighted by Crippen LogP contribution is -2.17. The number of aliphatic hydroxyl groups is 1. The molecule has 0 amide bonds. The van der Waals surface area contributed by atoms with E-state index in [1.165, 1.54) is 0 Å². The van der Waals surface area contributed by atoms with Gasteiger partial charge in [-0.1, -0.05) is 42.6 Å². The summed E-state index contributed by atoms with van der Waals surface area (Å²) in [4.78, 5) is 0. The summed E-state index contributed by atoms with van der Waals surface area (Å²) in [7, 11) is 0. The zero-order valence-electron chi connectivity index (χ0n) is 9.25. The van der Waals surface area contributed by atoms with Gasteiger partial charge in [-0.3, -0.25) is 0 Å². The molecule has 0 saturated carbocycles. The summed E-state index contributed by atoms with van der Waals surface area (Å²) < 4.78 is 5.56. The van der Waals surface area contributed by atoms with Crippen molar-refractivity contribution < 1.29 is 9.84 Å². The van der Waals surface area contributed by atoms with Gasteiger partial charge in [0.1, 0.15) is 0 Å². The van der Waals surface area contributed by atoms with Gasteiger partial charge in [-0.15, -0.1) is 0 Å². The van der Waals surface area contributed by atoms with Crippen LogP contribution in [-0.2, 0) is 11.3 Å². The largest absolute Gasteiger partial charge is 0.394 e. The molecule has 16 heavy (non-hydrogen) atoms. The van der Waals surface area contributed by atoms with Crippen molar-refractivity contribution in [2.24, 2.45) is 0 Å². The van der Waals surface area contributed by atoms with Crippen molar-refractivity contribution in [2.45, 2.75) is 32.5 Å². The van der Waals surface area contributed by atoms with Gasteiger partial charge in [-0.2, -0.15) is 0 Å². The van der Waals surface area contributed by atoms with Gasteiger partial charge >= 0.3 is 0 Å². The molecule has 0 saturated heterocycles. The maximum Gasteiger partial charge on any atom is 0.0810 e. The van der Waals surface area contributed by atoms with E-state index in [1.807, 2.05) is 6.07 Å². The summed E-state index contributed by atoms with van der Waals surface area (Å²) in [5, 5.41) is 10.3. The minimum absolute atomic E-state index is 0.0407. The quantitative estimate of drug-likeness (QED) is 0.848. The van der Waals surface area contributed by atoms with Gasteiger partial charge in [0.05, 0.1) is 19.3 Å². The summed E-state index contributed by atoms with van der Waals surface area (Å²) in [6, 6.07) is 5.31. The molecule has 0 aliphatic carbocycles. The second kappa shape index (κ2) is 7.13. The number of benzene rings is 1. The fourth-order valence-electron chi connectivity index (χ4n) is 1.40. The molecule has 1 atom stereocenters. The SMILES string of the molecule is CCCC(CO)OCc1ccc(Cl)cc1Cl. The Hall–Kier alpha value is -0.280. The first-order chi connectivity index (χ1) is 7.67. The monoisotopic (exact) mass is 262 g/mol. The van der Waals surface area contributed by atoms with Gasteiger partial charge in [0.25, 0.3) is 0 Å². The van der Waals surface area contributed by atoms with Gasteiger partial charge < -0.3 is 9.84 Å². The van der Waals surface area contributed by atoms with Crippen LogP contribution in [0.5, 0.6) is 0 Å². The molecule has 4 heteroatoms. The summed E-state index contributed by atoms with van der Waals surface area (Å²) in [6.07, 6.45) is 1.72. The molecular weight excluding hydrogens is 247 g/mol. The first-order valence-corrected chi connectivity index (χ1v) is 6.09. The highest BCUT2D eigenvalue weighted by Crippen LogP contribution is 2.22. The minimum Gasteiger partial charge on any atom is -0.394 e. The Labute approximate surface area is 106 Å². The van der Waals surface area contributed by atoms with E-state index in [1.54, 1.807) is 12.1 Å². The molecule has 2 nitrogen and oxygen atoms in total. The molecule has 0 heterocycles. The van der Waals surface area contributed by atoms with E-state index >= 15 is 0 Å².